The van der Waals surface area contributed by atoms with E-state index < -0.39 is 48.9 Å². The van der Waals surface area contributed by atoms with E-state index in [1.54, 1.807) is 0 Å². The molecule has 0 aliphatic heterocycles. The molecule has 0 amide bonds. The van der Waals surface area contributed by atoms with Crippen LogP contribution in [0.2, 0.25) is 0 Å². The van der Waals surface area contributed by atoms with Crippen molar-refractivity contribution in [2.75, 3.05) is 0 Å². The third kappa shape index (κ3) is 4.35. The molecule has 0 spiro atoms. The van der Waals surface area contributed by atoms with E-state index in [9.17, 15) is 40.5 Å². The van der Waals surface area contributed by atoms with Crippen molar-refractivity contribution in [3.05, 3.63) is 21.7 Å². The molecular weight excluding hydrogens is 355 g/mol. The van der Waals surface area contributed by atoms with Crippen LogP contribution in [-0.4, -0.2) is 24.7 Å². The standard InChI is InChI=1S/C7H2ClF5N2O5S/c8-21(18,19)6-2(4(9)10)1-3(15(16)17)5(14-6)20-7(11,12)13/h1,4H. The summed E-state index contributed by atoms with van der Waals surface area (Å²) < 4.78 is 86.6. The van der Waals surface area contributed by atoms with Gasteiger partial charge in [0.2, 0.25) is 0 Å². The number of hydrogen-bond acceptors (Lipinski definition) is 6. The van der Waals surface area contributed by atoms with Crippen molar-refractivity contribution < 1.29 is 40.0 Å². The van der Waals surface area contributed by atoms with Gasteiger partial charge in [-0.2, -0.15) is 4.98 Å². The van der Waals surface area contributed by atoms with Crippen LogP contribution in [0.25, 0.3) is 0 Å². The number of pyridine rings is 1. The maximum atomic E-state index is 12.6. The van der Waals surface area contributed by atoms with Gasteiger partial charge in [0.25, 0.3) is 15.5 Å². The normalized spacial score (nSPS) is 12.5. The SMILES string of the molecule is O=[N+]([O-])c1cc(C(F)F)c(S(=O)(=O)Cl)nc1OC(F)(F)F. The Labute approximate surface area is 116 Å². The minimum atomic E-state index is -5.46. The molecule has 0 saturated heterocycles. The Morgan fingerprint density at radius 1 is 1.38 bits per heavy atom. The average Bonchev–Trinajstić information content (AvgIpc) is 2.24. The summed E-state index contributed by atoms with van der Waals surface area (Å²) in [7, 11) is -0.235. The van der Waals surface area contributed by atoms with E-state index in [0.717, 1.165) is 0 Å². The molecule has 0 unspecified atom stereocenters. The highest BCUT2D eigenvalue weighted by Gasteiger charge is 2.38. The summed E-state index contributed by atoms with van der Waals surface area (Å²) in [6.07, 6.45) is -9.04. The Bertz CT molecular complexity index is 677. The van der Waals surface area contributed by atoms with E-state index in [1.165, 1.54) is 0 Å². The second-order valence-electron chi connectivity index (χ2n) is 3.25. The van der Waals surface area contributed by atoms with Crippen LogP contribution in [0.1, 0.15) is 12.0 Å². The summed E-state index contributed by atoms with van der Waals surface area (Å²) in [5.41, 5.74) is -3.11. The van der Waals surface area contributed by atoms with E-state index in [0.29, 0.717) is 0 Å². The van der Waals surface area contributed by atoms with Crippen molar-refractivity contribution in [2.24, 2.45) is 0 Å². The first-order valence-corrected chi connectivity index (χ1v) is 6.81. The van der Waals surface area contributed by atoms with Crippen molar-refractivity contribution >= 4 is 25.4 Å². The van der Waals surface area contributed by atoms with Gasteiger partial charge < -0.3 is 4.74 Å². The minimum absolute atomic E-state index is 0.103. The summed E-state index contributed by atoms with van der Waals surface area (Å²) in [5.74, 6) is -1.82. The predicted octanol–water partition coefficient (Wildman–Crippen LogP) is 2.75. The number of nitrogens with zero attached hydrogens (tertiary/aromatic N) is 2. The van der Waals surface area contributed by atoms with Gasteiger partial charge in [-0.1, -0.05) is 0 Å². The molecule has 0 radical (unpaired) electrons. The fourth-order valence-corrected chi connectivity index (χ4v) is 2.14. The lowest BCUT2D eigenvalue weighted by molar-refractivity contribution is -0.389. The van der Waals surface area contributed by atoms with Gasteiger partial charge in [-0.3, -0.25) is 10.1 Å². The van der Waals surface area contributed by atoms with Gasteiger partial charge in [-0.25, -0.2) is 17.2 Å². The molecule has 1 heterocycles. The minimum Gasteiger partial charge on any atom is -0.381 e. The smallest absolute Gasteiger partial charge is 0.381 e. The zero-order valence-corrected chi connectivity index (χ0v) is 10.8. The summed E-state index contributed by atoms with van der Waals surface area (Å²) in [4.78, 5) is 11.6. The molecule has 0 aliphatic rings. The molecule has 21 heavy (non-hydrogen) atoms. The summed E-state index contributed by atoms with van der Waals surface area (Å²) in [6, 6.07) is -0.103. The molecule has 14 heteroatoms. The van der Waals surface area contributed by atoms with E-state index in [1.807, 2.05) is 0 Å². The molecule has 0 aliphatic carbocycles. The first-order valence-electron chi connectivity index (χ1n) is 4.51. The van der Waals surface area contributed by atoms with Crippen molar-refractivity contribution in [3.63, 3.8) is 0 Å². The molecule has 1 aromatic rings. The average molecular weight is 357 g/mol. The molecule has 1 rings (SSSR count). The second kappa shape index (κ2) is 5.55. The fraction of sp³-hybridized carbons (Fsp3) is 0.286. The van der Waals surface area contributed by atoms with Crippen LogP contribution in [0.4, 0.5) is 27.6 Å². The lowest BCUT2D eigenvalue weighted by atomic mass is 10.2. The monoisotopic (exact) mass is 356 g/mol. The van der Waals surface area contributed by atoms with Gasteiger partial charge in [-0.15, -0.1) is 13.2 Å². The highest BCUT2D eigenvalue weighted by molar-refractivity contribution is 8.13. The molecule has 0 fully saturated rings. The maximum Gasteiger partial charge on any atom is 0.574 e. The number of aromatic nitrogens is 1. The summed E-state index contributed by atoms with van der Waals surface area (Å²) >= 11 is 0. The zero-order valence-electron chi connectivity index (χ0n) is 9.27. The van der Waals surface area contributed by atoms with Crippen LogP contribution in [0.3, 0.4) is 0 Å². The molecule has 7 nitrogen and oxygen atoms in total. The third-order valence-electron chi connectivity index (χ3n) is 1.84. The van der Waals surface area contributed by atoms with E-state index in [2.05, 4.69) is 9.72 Å². The Hall–Kier alpha value is -1.76. The van der Waals surface area contributed by atoms with E-state index in [4.69, 9.17) is 10.7 Å². The lowest BCUT2D eigenvalue weighted by Crippen LogP contribution is -2.20. The molecule has 0 atom stereocenters. The molecule has 118 valence electrons. The van der Waals surface area contributed by atoms with Gasteiger partial charge in [0.05, 0.1) is 10.5 Å². The predicted molar refractivity (Wildman–Crippen MR) is 55.6 cm³/mol. The fourth-order valence-electron chi connectivity index (χ4n) is 1.15. The van der Waals surface area contributed by atoms with Crippen molar-refractivity contribution in [1.82, 2.24) is 4.98 Å². The Balaban J connectivity index is 3.68. The first-order chi connectivity index (χ1) is 9.33. The zero-order chi connectivity index (χ0) is 16.6. The van der Waals surface area contributed by atoms with Crippen molar-refractivity contribution in [1.29, 1.82) is 0 Å². The number of nitro groups is 1. The molecular formula is C7H2ClF5N2O5S. The summed E-state index contributed by atoms with van der Waals surface area (Å²) in [6.45, 7) is 0. The molecule has 0 aromatic carbocycles. The Morgan fingerprint density at radius 2 is 1.90 bits per heavy atom. The molecule has 1 aromatic heterocycles. The first kappa shape index (κ1) is 17.3. The lowest BCUT2D eigenvalue weighted by Gasteiger charge is -2.11. The van der Waals surface area contributed by atoms with Crippen molar-refractivity contribution in [3.8, 4) is 5.88 Å². The largest absolute Gasteiger partial charge is 0.574 e. The number of hydrogen-bond donors (Lipinski definition) is 0. The molecule has 0 bridgehead atoms. The van der Waals surface area contributed by atoms with Gasteiger partial charge >= 0.3 is 17.9 Å². The van der Waals surface area contributed by atoms with E-state index in [-0.39, 0.29) is 6.07 Å². The number of halogens is 6. The number of rotatable bonds is 4. The Kier molecular flexibility index (Phi) is 4.57. The van der Waals surface area contributed by atoms with Crippen LogP contribution in [0.5, 0.6) is 5.88 Å². The topological polar surface area (TPSA) is 99.4 Å². The van der Waals surface area contributed by atoms with Crippen LogP contribution < -0.4 is 4.74 Å². The third-order valence-corrected chi connectivity index (χ3v) is 3.06. The van der Waals surface area contributed by atoms with Crippen LogP contribution in [0, 0.1) is 10.1 Å². The van der Waals surface area contributed by atoms with Crippen molar-refractivity contribution in [2.45, 2.75) is 17.8 Å². The number of ether oxygens (including phenoxy) is 1. The highest BCUT2D eigenvalue weighted by Crippen LogP contribution is 2.37. The number of alkyl halides is 5. The van der Waals surface area contributed by atoms with Crippen LogP contribution in [-0.2, 0) is 9.05 Å². The van der Waals surface area contributed by atoms with Gasteiger partial charge in [0, 0.05) is 16.7 Å². The molecule has 0 N–H and O–H groups in total. The van der Waals surface area contributed by atoms with Crippen LogP contribution >= 0.6 is 10.7 Å². The van der Waals surface area contributed by atoms with Crippen LogP contribution in [0.15, 0.2) is 11.1 Å². The molecule has 0 saturated carbocycles. The van der Waals surface area contributed by atoms with E-state index >= 15 is 0 Å². The van der Waals surface area contributed by atoms with Gasteiger partial charge in [0.1, 0.15) is 0 Å². The van der Waals surface area contributed by atoms with Gasteiger partial charge in [0.15, 0.2) is 5.03 Å². The second-order valence-corrected chi connectivity index (χ2v) is 5.73. The quantitative estimate of drug-likeness (QED) is 0.356. The Morgan fingerprint density at radius 3 is 2.24 bits per heavy atom. The van der Waals surface area contributed by atoms with Gasteiger partial charge in [-0.05, 0) is 0 Å². The highest BCUT2D eigenvalue weighted by atomic mass is 35.7. The maximum absolute atomic E-state index is 12.6. The summed E-state index contributed by atoms with van der Waals surface area (Å²) in [5, 5.41) is 8.87.